The van der Waals surface area contributed by atoms with Crippen molar-refractivity contribution in [1.82, 2.24) is 20.1 Å². The summed E-state index contributed by atoms with van der Waals surface area (Å²) < 4.78 is 2.07. The van der Waals surface area contributed by atoms with Crippen molar-refractivity contribution in [3.8, 4) is 11.4 Å². The van der Waals surface area contributed by atoms with E-state index in [1.54, 1.807) is 16.7 Å². The van der Waals surface area contributed by atoms with Crippen LogP contribution in [0.1, 0.15) is 24.1 Å². The summed E-state index contributed by atoms with van der Waals surface area (Å²) in [5, 5.41) is 10.9. The van der Waals surface area contributed by atoms with Gasteiger partial charge in [0.1, 0.15) is 6.54 Å². The van der Waals surface area contributed by atoms with Crippen LogP contribution >= 0.6 is 35.4 Å². The SMILES string of the molecule is Cc1cccc(-c2n[nH]c(=S)n2CC(=O)NC(C)c2ccc(Cl)c(Cl)c2)c1. The van der Waals surface area contributed by atoms with E-state index in [-0.39, 0.29) is 18.5 Å². The van der Waals surface area contributed by atoms with Gasteiger partial charge in [0.15, 0.2) is 10.6 Å². The maximum atomic E-state index is 12.6. The van der Waals surface area contributed by atoms with Crippen molar-refractivity contribution in [3.63, 3.8) is 0 Å². The zero-order valence-corrected chi connectivity index (χ0v) is 17.1. The maximum Gasteiger partial charge on any atom is 0.240 e. The molecule has 27 heavy (non-hydrogen) atoms. The van der Waals surface area contributed by atoms with Crippen molar-refractivity contribution in [3.05, 3.63) is 68.4 Å². The molecule has 3 aromatic rings. The van der Waals surface area contributed by atoms with E-state index in [1.165, 1.54) is 0 Å². The number of H-pyrrole nitrogens is 1. The maximum absolute atomic E-state index is 12.6. The summed E-state index contributed by atoms with van der Waals surface area (Å²) in [6.45, 7) is 3.94. The molecule has 0 spiro atoms. The summed E-state index contributed by atoms with van der Waals surface area (Å²) >= 11 is 17.3. The number of aromatic nitrogens is 3. The van der Waals surface area contributed by atoms with Crippen molar-refractivity contribution in [2.45, 2.75) is 26.4 Å². The molecule has 0 aliphatic heterocycles. The Kier molecular flexibility index (Phi) is 5.99. The fraction of sp³-hybridized carbons (Fsp3) is 0.211. The van der Waals surface area contributed by atoms with Gasteiger partial charge in [0, 0.05) is 5.56 Å². The molecule has 0 fully saturated rings. The predicted octanol–water partition coefficient (Wildman–Crippen LogP) is 5.10. The highest BCUT2D eigenvalue weighted by Crippen LogP contribution is 2.25. The lowest BCUT2D eigenvalue weighted by atomic mass is 10.1. The van der Waals surface area contributed by atoms with Gasteiger partial charge in [0.05, 0.1) is 16.1 Å². The lowest BCUT2D eigenvalue weighted by Crippen LogP contribution is -2.30. The number of benzene rings is 2. The Labute approximate surface area is 172 Å². The van der Waals surface area contributed by atoms with E-state index in [4.69, 9.17) is 35.4 Å². The second-order valence-electron chi connectivity index (χ2n) is 6.27. The summed E-state index contributed by atoms with van der Waals surface area (Å²) in [4.78, 5) is 12.6. The average Bonchev–Trinajstić information content (AvgIpc) is 2.98. The van der Waals surface area contributed by atoms with Gasteiger partial charge in [-0.3, -0.25) is 14.5 Å². The fourth-order valence-corrected chi connectivity index (χ4v) is 3.27. The molecule has 140 valence electrons. The van der Waals surface area contributed by atoms with Crippen LogP contribution in [0.5, 0.6) is 0 Å². The van der Waals surface area contributed by atoms with Gasteiger partial charge < -0.3 is 5.32 Å². The van der Waals surface area contributed by atoms with Crippen molar-refractivity contribution in [1.29, 1.82) is 0 Å². The van der Waals surface area contributed by atoms with Crippen molar-refractivity contribution in [2.24, 2.45) is 0 Å². The van der Waals surface area contributed by atoms with Crippen LogP contribution in [0.3, 0.4) is 0 Å². The van der Waals surface area contributed by atoms with Gasteiger partial charge in [-0.05, 0) is 49.8 Å². The predicted molar refractivity (Wildman–Crippen MR) is 111 cm³/mol. The monoisotopic (exact) mass is 420 g/mol. The van der Waals surface area contributed by atoms with Crippen LogP contribution in [0.25, 0.3) is 11.4 Å². The number of nitrogens with one attached hydrogen (secondary N) is 2. The molecular weight excluding hydrogens is 403 g/mol. The average molecular weight is 421 g/mol. The number of amides is 1. The van der Waals surface area contributed by atoms with Crippen LogP contribution in [-0.2, 0) is 11.3 Å². The second kappa shape index (κ2) is 8.25. The van der Waals surface area contributed by atoms with Crippen LogP contribution in [-0.4, -0.2) is 20.7 Å². The quantitative estimate of drug-likeness (QED) is 0.564. The molecule has 0 radical (unpaired) electrons. The zero-order valence-electron chi connectivity index (χ0n) is 14.8. The smallest absolute Gasteiger partial charge is 0.240 e. The molecule has 5 nitrogen and oxygen atoms in total. The van der Waals surface area contributed by atoms with Crippen LogP contribution in [0, 0.1) is 11.7 Å². The Morgan fingerprint density at radius 1 is 1.26 bits per heavy atom. The summed E-state index contributed by atoms with van der Waals surface area (Å²) in [6.07, 6.45) is 0. The van der Waals surface area contributed by atoms with Crippen LogP contribution in [0.4, 0.5) is 0 Å². The molecule has 1 heterocycles. The Balaban J connectivity index is 1.77. The molecule has 2 N–H and O–H groups in total. The largest absolute Gasteiger partial charge is 0.348 e. The highest BCUT2D eigenvalue weighted by molar-refractivity contribution is 7.71. The topological polar surface area (TPSA) is 62.7 Å². The molecule has 0 saturated carbocycles. The summed E-state index contributed by atoms with van der Waals surface area (Å²) in [5.74, 6) is 0.445. The number of hydrogen-bond acceptors (Lipinski definition) is 3. The minimum absolute atomic E-state index is 0.0598. The first-order valence-electron chi connectivity index (χ1n) is 8.31. The van der Waals surface area contributed by atoms with Crippen LogP contribution < -0.4 is 5.32 Å². The molecule has 1 aromatic heterocycles. The first kappa shape index (κ1) is 19.6. The molecule has 0 bridgehead atoms. The van der Waals surface area contributed by atoms with Gasteiger partial charge in [-0.25, -0.2) is 0 Å². The highest BCUT2D eigenvalue weighted by Gasteiger charge is 2.15. The van der Waals surface area contributed by atoms with Crippen molar-refractivity contribution in [2.75, 3.05) is 0 Å². The molecule has 1 unspecified atom stereocenters. The lowest BCUT2D eigenvalue weighted by molar-refractivity contribution is -0.122. The molecule has 0 saturated heterocycles. The van der Waals surface area contributed by atoms with Crippen molar-refractivity contribution < 1.29 is 4.79 Å². The molecule has 3 rings (SSSR count). The van der Waals surface area contributed by atoms with E-state index in [1.807, 2.05) is 44.2 Å². The molecule has 1 atom stereocenters. The van der Waals surface area contributed by atoms with Gasteiger partial charge in [0.2, 0.25) is 5.91 Å². The Morgan fingerprint density at radius 3 is 2.74 bits per heavy atom. The minimum atomic E-state index is -0.226. The summed E-state index contributed by atoms with van der Waals surface area (Å²) in [7, 11) is 0. The molecule has 0 aliphatic carbocycles. The number of carbonyl (C=O) groups excluding carboxylic acids is 1. The number of hydrogen-bond donors (Lipinski definition) is 2. The Bertz CT molecular complexity index is 1040. The van der Waals surface area contributed by atoms with Gasteiger partial charge >= 0.3 is 0 Å². The van der Waals surface area contributed by atoms with E-state index in [0.717, 1.165) is 16.7 Å². The highest BCUT2D eigenvalue weighted by atomic mass is 35.5. The third-order valence-corrected chi connectivity index (χ3v) is 5.21. The van der Waals surface area contributed by atoms with E-state index in [0.29, 0.717) is 20.6 Å². The van der Waals surface area contributed by atoms with Gasteiger partial charge in [-0.15, -0.1) is 0 Å². The number of aromatic amines is 1. The first-order chi connectivity index (χ1) is 12.8. The number of aryl methyl sites for hydroxylation is 1. The van der Waals surface area contributed by atoms with E-state index in [2.05, 4.69) is 15.5 Å². The molecule has 1 amide bonds. The Hall–Kier alpha value is -2.15. The van der Waals surface area contributed by atoms with Crippen LogP contribution in [0.15, 0.2) is 42.5 Å². The van der Waals surface area contributed by atoms with Crippen molar-refractivity contribution >= 4 is 41.3 Å². The van der Waals surface area contributed by atoms with Gasteiger partial charge in [-0.1, -0.05) is 53.0 Å². The number of nitrogens with zero attached hydrogens (tertiary/aromatic N) is 2. The van der Waals surface area contributed by atoms with Crippen LogP contribution in [0.2, 0.25) is 10.0 Å². The normalized spacial score (nSPS) is 12.0. The van der Waals surface area contributed by atoms with Gasteiger partial charge in [-0.2, -0.15) is 5.10 Å². The molecule has 2 aromatic carbocycles. The van der Waals surface area contributed by atoms with E-state index >= 15 is 0 Å². The van der Waals surface area contributed by atoms with E-state index < -0.39 is 0 Å². The number of rotatable bonds is 5. The molecular formula is C19H18Cl2N4OS. The number of halogens is 2. The summed E-state index contributed by atoms with van der Waals surface area (Å²) in [5.41, 5.74) is 2.87. The van der Waals surface area contributed by atoms with Gasteiger partial charge in [0.25, 0.3) is 0 Å². The third-order valence-electron chi connectivity index (χ3n) is 4.16. The third kappa shape index (κ3) is 4.58. The fourth-order valence-electron chi connectivity index (χ4n) is 2.76. The summed E-state index contributed by atoms with van der Waals surface area (Å²) in [6, 6.07) is 12.9. The molecule has 8 heteroatoms. The molecule has 0 aliphatic rings. The second-order valence-corrected chi connectivity index (χ2v) is 7.47. The standard InChI is InChI=1S/C19H18Cl2N4OS/c1-11-4-3-5-14(8-11)18-23-24-19(27)25(18)10-17(26)22-12(2)13-6-7-15(20)16(21)9-13/h3-9,12H,10H2,1-2H3,(H,22,26)(H,24,27). The zero-order chi connectivity index (χ0) is 19.6. The number of carbonyl (C=O) groups is 1. The first-order valence-corrected chi connectivity index (χ1v) is 9.48. The van der Waals surface area contributed by atoms with E-state index in [9.17, 15) is 4.79 Å². The Morgan fingerprint density at radius 2 is 2.04 bits per heavy atom. The lowest BCUT2D eigenvalue weighted by Gasteiger charge is -2.16. The minimum Gasteiger partial charge on any atom is -0.348 e.